The lowest BCUT2D eigenvalue weighted by atomic mass is 10.2. The molecule has 19 heavy (non-hydrogen) atoms. The first kappa shape index (κ1) is 11.2. The van der Waals surface area contributed by atoms with Gasteiger partial charge in [-0.1, -0.05) is 6.07 Å². The third-order valence-electron chi connectivity index (χ3n) is 2.51. The van der Waals surface area contributed by atoms with E-state index in [0.29, 0.717) is 5.75 Å². The highest BCUT2D eigenvalue weighted by molar-refractivity contribution is 5.86. The van der Waals surface area contributed by atoms with Crippen LogP contribution in [-0.2, 0) is 0 Å². The average molecular weight is 256 g/mol. The molecule has 0 fully saturated rings. The van der Waals surface area contributed by atoms with Crippen molar-refractivity contribution < 1.29 is 19.1 Å². The summed E-state index contributed by atoms with van der Waals surface area (Å²) < 4.78 is 10.4. The number of oxazole rings is 1. The number of carboxylic acids is 1. The number of carboxylic acid groups (broad SMARTS) is 1. The molecule has 0 spiro atoms. The van der Waals surface area contributed by atoms with Crippen molar-refractivity contribution in [3.63, 3.8) is 0 Å². The SMILES string of the molecule is O=C(O)c1coc(Oc2cccc3ncccc23)n1. The van der Waals surface area contributed by atoms with Crippen molar-refractivity contribution >= 4 is 16.9 Å². The van der Waals surface area contributed by atoms with Gasteiger partial charge in [0.1, 0.15) is 12.0 Å². The maximum absolute atomic E-state index is 10.7. The molecule has 3 aromatic rings. The van der Waals surface area contributed by atoms with Gasteiger partial charge in [-0.3, -0.25) is 4.98 Å². The number of carbonyl (C=O) groups is 1. The second kappa shape index (κ2) is 4.41. The fourth-order valence-electron chi connectivity index (χ4n) is 1.66. The van der Waals surface area contributed by atoms with E-state index in [1.165, 1.54) is 0 Å². The lowest BCUT2D eigenvalue weighted by molar-refractivity contribution is 0.0690. The Balaban J connectivity index is 1.98. The summed E-state index contributed by atoms with van der Waals surface area (Å²) in [6.07, 6.45) is 2.59. The topological polar surface area (TPSA) is 85.5 Å². The number of rotatable bonds is 3. The van der Waals surface area contributed by atoms with Gasteiger partial charge in [-0.25, -0.2) is 4.79 Å². The number of aromatic carboxylic acids is 1. The number of nitrogens with zero attached hydrogens (tertiary/aromatic N) is 2. The van der Waals surface area contributed by atoms with E-state index in [9.17, 15) is 4.79 Å². The normalized spacial score (nSPS) is 10.5. The van der Waals surface area contributed by atoms with Gasteiger partial charge in [0.25, 0.3) is 0 Å². The summed E-state index contributed by atoms with van der Waals surface area (Å²) in [4.78, 5) is 18.6. The summed E-state index contributed by atoms with van der Waals surface area (Å²) >= 11 is 0. The standard InChI is InChI=1S/C13H8N2O4/c16-12(17)10-7-18-13(15-10)19-11-5-1-4-9-8(11)3-2-6-14-9/h1-7H,(H,16,17). The van der Waals surface area contributed by atoms with E-state index < -0.39 is 5.97 Å². The van der Waals surface area contributed by atoms with E-state index in [4.69, 9.17) is 14.3 Å². The lowest BCUT2D eigenvalue weighted by Crippen LogP contribution is -1.96. The zero-order valence-electron chi connectivity index (χ0n) is 9.61. The molecule has 2 aromatic heterocycles. The molecule has 94 valence electrons. The van der Waals surface area contributed by atoms with E-state index in [1.54, 1.807) is 24.4 Å². The van der Waals surface area contributed by atoms with E-state index >= 15 is 0 Å². The van der Waals surface area contributed by atoms with Crippen LogP contribution in [0, 0.1) is 0 Å². The number of hydrogen-bond donors (Lipinski definition) is 1. The number of hydrogen-bond acceptors (Lipinski definition) is 5. The van der Waals surface area contributed by atoms with Gasteiger partial charge in [-0.2, -0.15) is 4.98 Å². The maximum atomic E-state index is 10.7. The van der Waals surface area contributed by atoms with Crippen LogP contribution >= 0.6 is 0 Å². The Morgan fingerprint density at radius 1 is 1.26 bits per heavy atom. The molecule has 6 nitrogen and oxygen atoms in total. The molecule has 0 unspecified atom stereocenters. The highest BCUT2D eigenvalue weighted by Gasteiger charge is 2.13. The number of benzene rings is 1. The molecule has 2 heterocycles. The molecular formula is C13H8N2O4. The van der Waals surface area contributed by atoms with Crippen LogP contribution in [-0.4, -0.2) is 21.0 Å². The van der Waals surface area contributed by atoms with Gasteiger partial charge in [0.15, 0.2) is 5.69 Å². The minimum Gasteiger partial charge on any atom is -0.476 e. The van der Waals surface area contributed by atoms with Crippen LogP contribution < -0.4 is 4.74 Å². The van der Waals surface area contributed by atoms with Gasteiger partial charge < -0.3 is 14.3 Å². The molecule has 1 N–H and O–H groups in total. The Kier molecular flexibility index (Phi) is 2.60. The maximum Gasteiger partial charge on any atom is 0.399 e. The molecule has 0 saturated carbocycles. The Labute approximate surface area is 107 Å². The van der Waals surface area contributed by atoms with Crippen molar-refractivity contribution in [2.45, 2.75) is 0 Å². The smallest absolute Gasteiger partial charge is 0.399 e. The van der Waals surface area contributed by atoms with Crippen LogP contribution in [0.2, 0.25) is 0 Å². The van der Waals surface area contributed by atoms with Crippen LogP contribution in [0.15, 0.2) is 47.2 Å². The molecule has 0 bridgehead atoms. The number of aromatic nitrogens is 2. The van der Waals surface area contributed by atoms with Gasteiger partial charge in [0.05, 0.1) is 5.52 Å². The zero-order valence-corrected chi connectivity index (χ0v) is 9.61. The summed E-state index contributed by atoms with van der Waals surface area (Å²) in [6.45, 7) is 0. The molecule has 0 aliphatic heterocycles. The van der Waals surface area contributed by atoms with E-state index in [1.807, 2.05) is 12.1 Å². The Bertz CT molecular complexity index is 746. The molecule has 6 heteroatoms. The molecule has 0 amide bonds. The molecule has 1 aromatic carbocycles. The van der Waals surface area contributed by atoms with E-state index in [0.717, 1.165) is 17.2 Å². The van der Waals surface area contributed by atoms with Crippen molar-refractivity contribution in [3.8, 4) is 11.8 Å². The van der Waals surface area contributed by atoms with Gasteiger partial charge in [0, 0.05) is 11.6 Å². The van der Waals surface area contributed by atoms with Crippen LogP contribution in [0.4, 0.5) is 0 Å². The highest BCUT2D eigenvalue weighted by Crippen LogP contribution is 2.28. The first-order chi connectivity index (χ1) is 9.24. The van der Waals surface area contributed by atoms with E-state index in [2.05, 4.69) is 9.97 Å². The summed E-state index contributed by atoms with van der Waals surface area (Å²) in [7, 11) is 0. The number of pyridine rings is 1. The first-order valence-corrected chi connectivity index (χ1v) is 5.44. The number of fused-ring (bicyclic) bond motifs is 1. The first-order valence-electron chi connectivity index (χ1n) is 5.44. The predicted octanol–water partition coefficient (Wildman–Crippen LogP) is 2.71. The van der Waals surface area contributed by atoms with Crippen LogP contribution in [0.25, 0.3) is 10.9 Å². The zero-order chi connectivity index (χ0) is 13.2. The van der Waals surface area contributed by atoms with Gasteiger partial charge in [-0.05, 0) is 24.3 Å². The van der Waals surface area contributed by atoms with Gasteiger partial charge in [-0.15, -0.1) is 0 Å². The Hall–Kier alpha value is -2.89. The fourth-order valence-corrected chi connectivity index (χ4v) is 1.66. The second-order valence-electron chi connectivity index (χ2n) is 3.73. The molecule has 0 aliphatic rings. The molecule has 0 saturated heterocycles. The quantitative estimate of drug-likeness (QED) is 0.775. The summed E-state index contributed by atoms with van der Waals surface area (Å²) in [5.41, 5.74) is 0.568. The van der Waals surface area contributed by atoms with Gasteiger partial charge >= 0.3 is 12.0 Å². The largest absolute Gasteiger partial charge is 0.476 e. The van der Waals surface area contributed by atoms with Crippen LogP contribution in [0.3, 0.4) is 0 Å². The minimum absolute atomic E-state index is 0.117. The van der Waals surface area contributed by atoms with Crippen molar-refractivity contribution in [2.24, 2.45) is 0 Å². The monoisotopic (exact) mass is 256 g/mol. The van der Waals surface area contributed by atoms with Crippen molar-refractivity contribution in [3.05, 3.63) is 48.5 Å². The second-order valence-corrected chi connectivity index (χ2v) is 3.73. The van der Waals surface area contributed by atoms with Crippen molar-refractivity contribution in [1.82, 2.24) is 9.97 Å². The minimum atomic E-state index is -1.17. The average Bonchev–Trinajstić information content (AvgIpc) is 2.88. The predicted molar refractivity (Wildman–Crippen MR) is 65.3 cm³/mol. The fraction of sp³-hybridized carbons (Fsp3) is 0. The molecule has 3 rings (SSSR count). The lowest BCUT2D eigenvalue weighted by Gasteiger charge is -2.04. The Morgan fingerprint density at radius 3 is 2.95 bits per heavy atom. The summed E-state index contributed by atoms with van der Waals surface area (Å²) in [5.74, 6) is -0.664. The van der Waals surface area contributed by atoms with Gasteiger partial charge in [0.2, 0.25) is 0 Å². The molecule has 0 radical (unpaired) electrons. The summed E-state index contributed by atoms with van der Waals surface area (Å²) in [5, 5.41) is 9.54. The third-order valence-corrected chi connectivity index (χ3v) is 2.51. The van der Waals surface area contributed by atoms with Crippen molar-refractivity contribution in [2.75, 3.05) is 0 Å². The third kappa shape index (κ3) is 2.11. The van der Waals surface area contributed by atoms with Crippen LogP contribution in [0.1, 0.15) is 10.5 Å². The number of ether oxygens (including phenoxy) is 1. The molecule has 0 aliphatic carbocycles. The van der Waals surface area contributed by atoms with Crippen molar-refractivity contribution in [1.29, 1.82) is 0 Å². The highest BCUT2D eigenvalue weighted by atomic mass is 16.6. The molecular weight excluding hydrogens is 248 g/mol. The molecule has 0 atom stereocenters. The van der Waals surface area contributed by atoms with E-state index in [-0.39, 0.29) is 11.8 Å². The summed E-state index contributed by atoms with van der Waals surface area (Å²) in [6, 6.07) is 8.99. The Morgan fingerprint density at radius 2 is 2.16 bits per heavy atom. The van der Waals surface area contributed by atoms with Crippen LogP contribution in [0.5, 0.6) is 11.8 Å².